The largest absolute Gasteiger partial charge is 0.497 e. The Morgan fingerprint density at radius 3 is 2.23 bits per heavy atom. The third-order valence-electron chi connectivity index (χ3n) is 4.25. The molecule has 0 heterocycles. The smallest absolute Gasteiger partial charge is 0.335 e. The van der Waals surface area contributed by atoms with E-state index in [0.29, 0.717) is 27.2 Å². The highest BCUT2D eigenvalue weighted by Gasteiger charge is 2.18. The Bertz CT molecular complexity index is 1110. The summed E-state index contributed by atoms with van der Waals surface area (Å²) in [6.07, 6.45) is 0. The van der Waals surface area contributed by atoms with Crippen LogP contribution in [0, 0.1) is 6.92 Å². The predicted molar refractivity (Wildman–Crippen MR) is 116 cm³/mol. The Morgan fingerprint density at radius 2 is 1.63 bits per heavy atom. The van der Waals surface area contributed by atoms with Crippen LogP contribution in [0.3, 0.4) is 0 Å². The number of rotatable bonds is 6. The Hall–Kier alpha value is -3.22. The maximum absolute atomic E-state index is 12.9. The summed E-state index contributed by atoms with van der Waals surface area (Å²) in [5.74, 6) is -0.338. The topological polar surface area (TPSA) is 84.9 Å². The van der Waals surface area contributed by atoms with Gasteiger partial charge in [0.25, 0.3) is 5.91 Å². The number of amides is 1. The fourth-order valence-corrected chi connectivity index (χ4v) is 2.99. The average Bonchev–Trinajstić information content (AvgIpc) is 2.72. The molecule has 154 valence electrons. The molecule has 0 unspecified atom stereocenters. The minimum atomic E-state index is -1.05. The van der Waals surface area contributed by atoms with Gasteiger partial charge in [-0.1, -0.05) is 23.2 Å². The second kappa shape index (κ2) is 9.07. The molecule has 0 atom stereocenters. The molecule has 0 radical (unpaired) electrons. The van der Waals surface area contributed by atoms with Crippen LogP contribution in [0.1, 0.15) is 26.3 Å². The second-order valence-electron chi connectivity index (χ2n) is 6.33. The van der Waals surface area contributed by atoms with Gasteiger partial charge in [0.05, 0.1) is 23.3 Å². The van der Waals surface area contributed by atoms with E-state index in [-0.39, 0.29) is 16.9 Å². The summed E-state index contributed by atoms with van der Waals surface area (Å²) in [6.45, 7) is 1.79. The number of carbonyl (C=O) groups excluding carboxylic acids is 1. The van der Waals surface area contributed by atoms with E-state index in [9.17, 15) is 9.59 Å². The van der Waals surface area contributed by atoms with Crippen molar-refractivity contribution in [3.8, 4) is 17.2 Å². The van der Waals surface area contributed by atoms with Crippen molar-refractivity contribution in [2.45, 2.75) is 6.92 Å². The molecule has 0 fully saturated rings. The molecule has 3 aromatic rings. The first kappa shape index (κ1) is 21.5. The predicted octanol–water partition coefficient (Wildman–Crippen LogP) is 6.05. The summed E-state index contributed by atoms with van der Waals surface area (Å²) < 4.78 is 11.0. The molecule has 0 aliphatic heterocycles. The Morgan fingerprint density at radius 1 is 0.933 bits per heavy atom. The van der Waals surface area contributed by atoms with Gasteiger partial charge in [-0.3, -0.25) is 4.79 Å². The van der Waals surface area contributed by atoms with E-state index in [0.717, 1.165) is 5.56 Å². The lowest BCUT2D eigenvalue weighted by Gasteiger charge is -2.15. The summed E-state index contributed by atoms with van der Waals surface area (Å²) in [6, 6.07) is 13.9. The van der Waals surface area contributed by atoms with Crippen LogP contribution in [-0.4, -0.2) is 24.1 Å². The van der Waals surface area contributed by atoms with Crippen molar-refractivity contribution in [2.24, 2.45) is 0 Å². The lowest BCUT2D eigenvalue weighted by molar-refractivity contribution is 0.0696. The lowest BCUT2D eigenvalue weighted by atomic mass is 10.1. The van der Waals surface area contributed by atoms with E-state index < -0.39 is 11.9 Å². The lowest BCUT2D eigenvalue weighted by Crippen LogP contribution is -2.13. The molecule has 0 aromatic heterocycles. The Kier molecular flexibility index (Phi) is 6.50. The van der Waals surface area contributed by atoms with Gasteiger partial charge < -0.3 is 19.9 Å². The maximum Gasteiger partial charge on any atom is 0.335 e. The van der Waals surface area contributed by atoms with E-state index in [2.05, 4.69) is 5.32 Å². The number of methoxy groups -OCH3 is 1. The normalized spacial score (nSPS) is 10.4. The molecule has 30 heavy (non-hydrogen) atoms. The number of carboxylic acid groups (broad SMARTS) is 1. The van der Waals surface area contributed by atoms with Gasteiger partial charge in [0, 0.05) is 16.8 Å². The van der Waals surface area contributed by atoms with Crippen molar-refractivity contribution >= 4 is 40.8 Å². The van der Waals surface area contributed by atoms with Gasteiger partial charge in [0.2, 0.25) is 0 Å². The highest BCUT2D eigenvalue weighted by atomic mass is 35.5. The van der Waals surface area contributed by atoms with Gasteiger partial charge in [-0.05, 0) is 61.0 Å². The minimum Gasteiger partial charge on any atom is -0.497 e. The van der Waals surface area contributed by atoms with Crippen molar-refractivity contribution in [3.63, 3.8) is 0 Å². The van der Waals surface area contributed by atoms with Crippen molar-refractivity contribution in [2.75, 3.05) is 12.4 Å². The zero-order chi connectivity index (χ0) is 21.8. The molecule has 6 nitrogen and oxygen atoms in total. The standard InChI is InChI=1S/C22H17Cl2NO5/c1-12-9-20(30-19-8-7-15(29-2)10-18(19)24)16(11-17(12)23)21(26)25-14-5-3-13(4-6-14)22(27)28/h3-11H,1-2H3,(H,25,26)(H,27,28). The molecule has 0 saturated carbocycles. The van der Waals surface area contributed by atoms with E-state index in [1.54, 1.807) is 31.2 Å². The van der Waals surface area contributed by atoms with Crippen LogP contribution in [0.4, 0.5) is 5.69 Å². The number of aromatic carboxylic acids is 1. The number of ether oxygens (including phenoxy) is 2. The number of aryl methyl sites for hydroxylation is 1. The van der Waals surface area contributed by atoms with Crippen LogP contribution in [0.15, 0.2) is 54.6 Å². The zero-order valence-corrected chi connectivity index (χ0v) is 17.5. The third-order valence-corrected chi connectivity index (χ3v) is 4.96. The van der Waals surface area contributed by atoms with Gasteiger partial charge >= 0.3 is 5.97 Å². The first-order valence-electron chi connectivity index (χ1n) is 8.74. The molecule has 2 N–H and O–H groups in total. The molecule has 0 aliphatic carbocycles. The monoisotopic (exact) mass is 445 g/mol. The highest BCUT2D eigenvalue weighted by Crippen LogP contribution is 2.36. The first-order chi connectivity index (χ1) is 14.3. The number of halogens is 2. The van der Waals surface area contributed by atoms with Gasteiger partial charge in [-0.2, -0.15) is 0 Å². The molecule has 0 bridgehead atoms. The molecule has 0 saturated heterocycles. The molecule has 0 aliphatic rings. The first-order valence-corrected chi connectivity index (χ1v) is 9.50. The third kappa shape index (κ3) is 4.84. The van der Waals surface area contributed by atoms with Crippen LogP contribution < -0.4 is 14.8 Å². The Balaban J connectivity index is 1.91. The van der Waals surface area contributed by atoms with Gasteiger partial charge in [-0.15, -0.1) is 0 Å². The fraction of sp³-hybridized carbons (Fsp3) is 0.0909. The molecule has 3 aromatic carbocycles. The van der Waals surface area contributed by atoms with Crippen LogP contribution >= 0.6 is 23.2 Å². The van der Waals surface area contributed by atoms with Gasteiger partial charge in [-0.25, -0.2) is 4.79 Å². The van der Waals surface area contributed by atoms with Crippen molar-refractivity contribution < 1.29 is 24.2 Å². The molecular formula is C22H17Cl2NO5. The number of carbonyl (C=O) groups is 2. The number of hydrogen-bond acceptors (Lipinski definition) is 4. The minimum absolute atomic E-state index is 0.115. The molecule has 1 amide bonds. The average molecular weight is 446 g/mol. The highest BCUT2D eigenvalue weighted by molar-refractivity contribution is 6.32. The van der Waals surface area contributed by atoms with E-state index >= 15 is 0 Å². The zero-order valence-electron chi connectivity index (χ0n) is 16.0. The molecule has 0 spiro atoms. The summed E-state index contributed by atoms with van der Waals surface area (Å²) in [5, 5.41) is 12.4. The number of nitrogens with one attached hydrogen (secondary N) is 1. The second-order valence-corrected chi connectivity index (χ2v) is 7.15. The van der Waals surface area contributed by atoms with Gasteiger partial charge in [0.15, 0.2) is 0 Å². The summed E-state index contributed by atoms with van der Waals surface area (Å²) in [4.78, 5) is 23.8. The number of hydrogen-bond donors (Lipinski definition) is 2. The van der Waals surface area contributed by atoms with Crippen molar-refractivity contribution in [3.05, 3.63) is 81.3 Å². The Labute approximate surface area is 183 Å². The molecular weight excluding hydrogens is 429 g/mol. The van der Waals surface area contributed by atoms with Gasteiger partial charge in [0.1, 0.15) is 17.2 Å². The number of carboxylic acids is 1. The maximum atomic E-state index is 12.9. The summed E-state index contributed by atoms with van der Waals surface area (Å²) >= 11 is 12.5. The quantitative estimate of drug-likeness (QED) is 0.481. The fourth-order valence-electron chi connectivity index (χ4n) is 2.62. The van der Waals surface area contributed by atoms with Crippen LogP contribution in [0.2, 0.25) is 10.0 Å². The van der Waals surface area contributed by atoms with E-state index in [1.165, 1.54) is 37.4 Å². The van der Waals surface area contributed by atoms with Crippen molar-refractivity contribution in [1.82, 2.24) is 0 Å². The summed E-state index contributed by atoms with van der Waals surface area (Å²) in [7, 11) is 1.53. The van der Waals surface area contributed by atoms with Crippen LogP contribution in [0.5, 0.6) is 17.2 Å². The van der Waals surface area contributed by atoms with Crippen LogP contribution in [0.25, 0.3) is 0 Å². The molecule has 3 rings (SSSR count). The molecule has 8 heteroatoms. The number of benzene rings is 3. The SMILES string of the molecule is COc1ccc(Oc2cc(C)c(Cl)cc2C(=O)Nc2ccc(C(=O)O)cc2)c(Cl)c1. The van der Waals surface area contributed by atoms with E-state index in [4.69, 9.17) is 37.8 Å². The van der Waals surface area contributed by atoms with Crippen molar-refractivity contribution in [1.29, 1.82) is 0 Å². The summed E-state index contributed by atoms with van der Waals surface area (Å²) in [5.41, 5.74) is 1.46. The number of anilines is 1. The van der Waals surface area contributed by atoms with Crippen LogP contribution in [-0.2, 0) is 0 Å². The van der Waals surface area contributed by atoms with E-state index in [1.807, 2.05) is 0 Å².